The SMILES string of the molecule is CCC(CC)OCOC(=O)OCc1ccccc1. The lowest BCUT2D eigenvalue weighted by Gasteiger charge is -2.13. The van der Waals surface area contributed by atoms with E-state index >= 15 is 0 Å². The average Bonchev–Trinajstić information content (AvgIpc) is 2.42. The van der Waals surface area contributed by atoms with Gasteiger partial charge in [-0.05, 0) is 18.4 Å². The van der Waals surface area contributed by atoms with Gasteiger partial charge in [0.25, 0.3) is 0 Å². The van der Waals surface area contributed by atoms with Crippen LogP contribution in [-0.2, 0) is 20.8 Å². The summed E-state index contributed by atoms with van der Waals surface area (Å²) in [6, 6.07) is 9.45. The number of hydrogen-bond donors (Lipinski definition) is 0. The molecule has 1 aromatic carbocycles. The topological polar surface area (TPSA) is 44.8 Å². The maximum Gasteiger partial charge on any atom is 0.510 e. The molecule has 0 saturated carbocycles. The van der Waals surface area contributed by atoms with Crippen molar-refractivity contribution >= 4 is 6.16 Å². The fourth-order valence-corrected chi connectivity index (χ4v) is 1.46. The van der Waals surface area contributed by atoms with E-state index in [0.29, 0.717) is 0 Å². The summed E-state index contributed by atoms with van der Waals surface area (Å²) in [5.74, 6) is 0. The number of rotatable bonds is 7. The fraction of sp³-hybridized carbons (Fsp3) is 0.500. The van der Waals surface area contributed by atoms with Gasteiger partial charge < -0.3 is 14.2 Å². The number of hydrogen-bond acceptors (Lipinski definition) is 4. The predicted octanol–water partition coefficient (Wildman–Crippen LogP) is 3.50. The van der Waals surface area contributed by atoms with Crippen LogP contribution in [0.4, 0.5) is 4.79 Å². The maximum atomic E-state index is 11.3. The third-order valence-corrected chi connectivity index (χ3v) is 2.59. The van der Waals surface area contributed by atoms with Crippen molar-refractivity contribution in [3.8, 4) is 0 Å². The van der Waals surface area contributed by atoms with Crippen molar-refractivity contribution in [1.82, 2.24) is 0 Å². The van der Waals surface area contributed by atoms with Crippen molar-refractivity contribution in [2.75, 3.05) is 6.79 Å². The predicted molar refractivity (Wildman–Crippen MR) is 68.0 cm³/mol. The third-order valence-electron chi connectivity index (χ3n) is 2.59. The molecule has 0 radical (unpaired) electrons. The van der Waals surface area contributed by atoms with Crippen molar-refractivity contribution < 1.29 is 19.0 Å². The van der Waals surface area contributed by atoms with Crippen molar-refractivity contribution in [3.05, 3.63) is 35.9 Å². The molecule has 1 aromatic rings. The van der Waals surface area contributed by atoms with Crippen molar-refractivity contribution in [3.63, 3.8) is 0 Å². The average molecular weight is 252 g/mol. The molecule has 100 valence electrons. The lowest BCUT2D eigenvalue weighted by molar-refractivity contribution is -0.0794. The Kier molecular flexibility index (Phi) is 6.87. The smallest absolute Gasteiger partial charge is 0.429 e. The van der Waals surface area contributed by atoms with Gasteiger partial charge in [0.2, 0.25) is 0 Å². The molecule has 0 N–H and O–H groups in total. The second-order valence-electron chi connectivity index (χ2n) is 3.89. The molecule has 0 heterocycles. The van der Waals surface area contributed by atoms with Gasteiger partial charge >= 0.3 is 6.16 Å². The zero-order chi connectivity index (χ0) is 13.2. The first kappa shape index (κ1) is 14.5. The first-order chi connectivity index (χ1) is 8.76. The Balaban J connectivity index is 2.14. The minimum absolute atomic E-state index is 0.0556. The maximum absolute atomic E-state index is 11.3. The van der Waals surface area contributed by atoms with Crippen molar-refractivity contribution in [1.29, 1.82) is 0 Å². The molecule has 0 unspecified atom stereocenters. The Bertz CT molecular complexity index is 333. The fourth-order valence-electron chi connectivity index (χ4n) is 1.46. The van der Waals surface area contributed by atoms with E-state index in [1.54, 1.807) is 0 Å². The third kappa shape index (κ3) is 5.68. The molecule has 0 fully saturated rings. The van der Waals surface area contributed by atoms with Crippen LogP contribution in [0.2, 0.25) is 0 Å². The standard InChI is InChI=1S/C14H20O4/c1-3-13(4-2)17-11-18-14(15)16-10-12-8-6-5-7-9-12/h5-9,13H,3-4,10-11H2,1-2H3. The van der Waals surface area contributed by atoms with Gasteiger partial charge in [-0.1, -0.05) is 44.2 Å². The van der Waals surface area contributed by atoms with Crippen LogP contribution in [0.15, 0.2) is 30.3 Å². The second kappa shape index (κ2) is 8.53. The van der Waals surface area contributed by atoms with Crippen LogP contribution in [0.25, 0.3) is 0 Å². The van der Waals surface area contributed by atoms with Gasteiger partial charge in [0, 0.05) is 0 Å². The molecule has 18 heavy (non-hydrogen) atoms. The summed E-state index contributed by atoms with van der Waals surface area (Å²) in [5, 5.41) is 0. The van der Waals surface area contributed by atoms with Gasteiger partial charge in [0.1, 0.15) is 6.61 Å². The molecule has 0 aliphatic rings. The van der Waals surface area contributed by atoms with E-state index in [4.69, 9.17) is 14.2 Å². The van der Waals surface area contributed by atoms with Gasteiger partial charge in [0.05, 0.1) is 6.10 Å². The Hall–Kier alpha value is -1.55. The summed E-state index contributed by atoms with van der Waals surface area (Å²) in [6.45, 7) is 4.22. The van der Waals surface area contributed by atoms with E-state index < -0.39 is 6.16 Å². The van der Waals surface area contributed by atoms with Crippen LogP contribution in [0, 0.1) is 0 Å². The molecule has 0 bridgehead atoms. The minimum Gasteiger partial charge on any atom is -0.429 e. The molecular weight excluding hydrogens is 232 g/mol. The monoisotopic (exact) mass is 252 g/mol. The molecule has 0 amide bonds. The van der Waals surface area contributed by atoms with Crippen LogP contribution in [0.5, 0.6) is 0 Å². The highest BCUT2D eigenvalue weighted by Crippen LogP contribution is 2.04. The van der Waals surface area contributed by atoms with Gasteiger partial charge in [-0.3, -0.25) is 0 Å². The summed E-state index contributed by atoms with van der Waals surface area (Å²) in [7, 11) is 0. The Labute approximate surface area is 108 Å². The summed E-state index contributed by atoms with van der Waals surface area (Å²) in [4.78, 5) is 11.3. The van der Waals surface area contributed by atoms with Crippen molar-refractivity contribution in [2.24, 2.45) is 0 Å². The van der Waals surface area contributed by atoms with E-state index in [1.807, 2.05) is 44.2 Å². The normalized spacial score (nSPS) is 10.4. The summed E-state index contributed by atoms with van der Waals surface area (Å²) < 4.78 is 15.1. The highest BCUT2D eigenvalue weighted by Gasteiger charge is 2.07. The highest BCUT2D eigenvalue weighted by atomic mass is 16.8. The molecule has 4 heteroatoms. The van der Waals surface area contributed by atoms with Crippen LogP contribution in [-0.4, -0.2) is 19.1 Å². The molecule has 0 spiro atoms. The Morgan fingerprint density at radius 2 is 1.78 bits per heavy atom. The number of ether oxygens (including phenoxy) is 3. The number of benzene rings is 1. The summed E-state index contributed by atoms with van der Waals surface area (Å²) in [5.41, 5.74) is 0.926. The number of carbonyl (C=O) groups excluding carboxylic acids is 1. The first-order valence-corrected chi connectivity index (χ1v) is 6.21. The molecule has 0 aromatic heterocycles. The van der Waals surface area contributed by atoms with Crippen LogP contribution in [0.3, 0.4) is 0 Å². The van der Waals surface area contributed by atoms with E-state index in [1.165, 1.54) is 0 Å². The zero-order valence-corrected chi connectivity index (χ0v) is 10.9. The van der Waals surface area contributed by atoms with Crippen LogP contribution >= 0.6 is 0 Å². The van der Waals surface area contributed by atoms with Crippen LogP contribution < -0.4 is 0 Å². The minimum atomic E-state index is -0.704. The summed E-state index contributed by atoms with van der Waals surface area (Å²) >= 11 is 0. The molecule has 0 saturated heterocycles. The Morgan fingerprint density at radius 1 is 1.11 bits per heavy atom. The molecule has 0 aliphatic heterocycles. The molecule has 4 nitrogen and oxygen atoms in total. The lowest BCUT2D eigenvalue weighted by Crippen LogP contribution is -2.16. The molecule has 0 aliphatic carbocycles. The van der Waals surface area contributed by atoms with Gasteiger partial charge in [-0.15, -0.1) is 0 Å². The summed E-state index contributed by atoms with van der Waals surface area (Å²) in [6.07, 6.45) is 1.23. The highest BCUT2D eigenvalue weighted by molar-refractivity contribution is 5.59. The molecule has 1 rings (SSSR count). The van der Waals surface area contributed by atoms with Gasteiger partial charge in [-0.2, -0.15) is 0 Å². The first-order valence-electron chi connectivity index (χ1n) is 6.21. The van der Waals surface area contributed by atoms with Gasteiger partial charge in [0.15, 0.2) is 6.79 Å². The quantitative estimate of drug-likeness (QED) is 0.550. The van der Waals surface area contributed by atoms with Gasteiger partial charge in [-0.25, -0.2) is 4.79 Å². The van der Waals surface area contributed by atoms with E-state index in [-0.39, 0.29) is 19.5 Å². The largest absolute Gasteiger partial charge is 0.510 e. The van der Waals surface area contributed by atoms with Crippen molar-refractivity contribution in [2.45, 2.75) is 39.4 Å². The Morgan fingerprint density at radius 3 is 2.39 bits per heavy atom. The molecular formula is C14H20O4. The van der Waals surface area contributed by atoms with E-state index in [9.17, 15) is 4.79 Å². The second-order valence-corrected chi connectivity index (χ2v) is 3.89. The lowest BCUT2D eigenvalue weighted by atomic mass is 10.2. The zero-order valence-electron chi connectivity index (χ0n) is 10.9. The number of carbonyl (C=O) groups is 1. The van der Waals surface area contributed by atoms with E-state index in [0.717, 1.165) is 18.4 Å². The molecule has 0 atom stereocenters. The van der Waals surface area contributed by atoms with Crippen LogP contribution in [0.1, 0.15) is 32.3 Å². The van der Waals surface area contributed by atoms with E-state index in [2.05, 4.69) is 0 Å².